The van der Waals surface area contributed by atoms with Crippen molar-refractivity contribution in [3.8, 4) is 0 Å². The summed E-state index contributed by atoms with van der Waals surface area (Å²) in [6.07, 6.45) is 0. The average Bonchev–Trinajstić information content (AvgIpc) is 2.14. The highest BCUT2D eigenvalue weighted by atomic mass is 16.2. The Balaban J connectivity index is 2.70. The molecule has 82 valence electrons. The standard InChI is InChI=1S/C8H13N5O2/c1-8(2)7(15)11-6(14)5-13(8)4-3-10-12-9/h3-5H2,1-2H3,(H,11,14,15). The Morgan fingerprint density at radius 2 is 2.27 bits per heavy atom. The van der Waals surface area contributed by atoms with Gasteiger partial charge in [-0.25, -0.2) is 0 Å². The lowest BCUT2D eigenvalue weighted by Crippen LogP contribution is -2.64. The summed E-state index contributed by atoms with van der Waals surface area (Å²) in [6.45, 7) is 4.26. The number of piperazine rings is 1. The number of nitrogens with one attached hydrogen (secondary N) is 1. The van der Waals surface area contributed by atoms with Gasteiger partial charge in [-0.2, -0.15) is 0 Å². The van der Waals surface area contributed by atoms with E-state index in [4.69, 9.17) is 5.53 Å². The second-order valence-corrected chi connectivity index (χ2v) is 3.81. The van der Waals surface area contributed by atoms with Crippen molar-refractivity contribution >= 4 is 11.8 Å². The van der Waals surface area contributed by atoms with Crippen molar-refractivity contribution in [3.05, 3.63) is 10.4 Å². The first-order valence-electron chi connectivity index (χ1n) is 4.58. The highest BCUT2D eigenvalue weighted by Crippen LogP contribution is 2.17. The molecule has 1 N–H and O–H groups in total. The molecule has 1 aliphatic rings. The molecule has 0 aromatic carbocycles. The summed E-state index contributed by atoms with van der Waals surface area (Å²) in [4.78, 5) is 26.9. The van der Waals surface area contributed by atoms with Crippen LogP contribution in [0.4, 0.5) is 0 Å². The fraction of sp³-hybridized carbons (Fsp3) is 0.750. The van der Waals surface area contributed by atoms with Gasteiger partial charge in [-0.1, -0.05) is 5.11 Å². The van der Waals surface area contributed by atoms with Gasteiger partial charge in [-0.15, -0.1) is 0 Å². The zero-order valence-electron chi connectivity index (χ0n) is 8.73. The number of carbonyl (C=O) groups excluding carboxylic acids is 2. The zero-order valence-corrected chi connectivity index (χ0v) is 8.73. The molecule has 7 heteroatoms. The monoisotopic (exact) mass is 211 g/mol. The lowest BCUT2D eigenvalue weighted by atomic mass is 9.99. The molecule has 0 bridgehead atoms. The highest BCUT2D eigenvalue weighted by molar-refractivity contribution is 6.02. The summed E-state index contributed by atoms with van der Waals surface area (Å²) in [5, 5.41) is 5.64. The van der Waals surface area contributed by atoms with Crippen LogP contribution in [0, 0.1) is 0 Å². The molecule has 0 aromatic heterocycles. The molecule has 1 heterocycles. The molecule has 1 aliphatic heterocycles. The summed E-state index contributed by atoms with van der Waals surface area (Å²) in [5.41, 5.74) is 7.39. The number of carbonyl (C=O) groups is 2. The molecule has 1 saturated heterocycles. The predicted molar refractivity (Wildman–Crippen MR) is 52.8 cm³/mol. The molecule has 0 saturated carbocycles. The minimum atomic E-state index is -0.737. The quantitative estimate of drug-likeness (QED) is 0.308. The summed E-state index contributed by atoms with van der Waals surface area (Å²) >= 11 is 0. The first-order valence-corrected chi connectivity index (χ1v) is 4.58. The molecule has 0 spiro atoms. The fourth-order valence-electron chi connectivity index (χ4n) is 1.40. The van der Waals surface area contributed by atoms with Crippen molar-refractivity contribution in [2.45, 2.75) is 19.4 Å². The van der Waals surface area contributed by atoms with Crippen molar-refractivity contribution in [2.24, 2.45) is 5.11 Å². The molecule has 7 nitrogen and oxygen atoms in total. The minimum Gasteiger partial charge on any atom is -0.294 e. The van der Waals surface area contributed by atoms with Crippen LogP contribution in [0.25, 0.3) is 10.4 Å². The maximum absolute atomic E-state index is 11.5. The average molecular weight is 211 g/mol. The first kappa shape index (κ1) is 11.5. The van der Waals surface area contributed by atoms with E-state index in [1.165, 1.54) is 0 Å². The van der Waals surface area contributed by atoms with E-state index in [0.717, 1.165) is 0 Å². The molecular formula is C8H13N5O2. The van der Waals surface area contributed by atoms with Crippen molar-refractivity contribution in [1.29, 1.82) is 0 Å². The maximum atomic E-state index is 11.5. The summed E-state index contributed by atoms with van der Waals surface area (Å²) in [7, 11) is 0. The van der Waals surface area contributed by atoms with E-state index in [2.05, 4.69) is 15.3 Å². The van der Waals surface area contributed by atoms with Crippen molar-refractivity contribution in [3.63, 3.8) is 0 Å². The Labute approximate surface area is 87.1 Å². The van der Waals surface area contributed by atoms with Gasteiger partial charge in [0.2, 0.25) is 11.8 Å². The number of rotatable bonds is 3. The largest absolute Gasteiger partial charge is 0.294 e. The lowest BCUT2D eigenvalue weighted by Gasteiger charge is -2.39. The van der Waals surface area contributed by atoms with Crippen LogP contribution >= 0.6 is 0 Å². The first-order chi connectivity index (χ1) is 6.98. The van der Waals surface area contributed by atoms with E-state index >= 15 is 0 Å². The summed E-state index contributed by atoms with van der Waals surface area (Å²) in [6, 6.07) is 0. The third kappa shape index (κ3) is 2.45. The van der Waals surface area contributed by atoms with Crippen LogP contribution in [0.3, 0.4) is 0 Å². The molecule has 2 amide bonds. The van der Waals surface area contributed by atoms with Crippen LogP contribution in [-0.4, -0.2) is 41.9 Å². The second kappa shape index (κ2) is 4.29. The van der Waals surface area contributed by atoms with Gasteiger partial charge < -0.3 is 0 Å². The van der Waals surface area contributed by atoms with E-state index in [1.807, 2.05) is 0 Å². The van der Waals surface area contributed by atoms with Crippen molar-refractivity contribution < 1.29 is 9.59 Å². The number of imide groups is 1. The van der Waals surface area contributed by atoms with E-state index in [9.17, 15) is 9.59 Å². The predicted octanol–water partition coefficient (Wildman–Crippen LogP) is 0.0337. The van der Waals surface area contributed by atoms with Gasteiger partial charge in [-0.3, -0.25) is 19.8 Å². The van der Waals surface area contributed by atoms with Crippen molar-refractivity contribution in [2.75, 3.05) is 19.6 Å². The number of azide groups is 1. The molecule has 1 rings (SSSR count). The maximum Gasteiger partial charge on any atom is 0.246 e. The van der Waals surface area contributed by atoms with E-state index in [0.29, 0.717) is 6.54 Å². The van der Waals surface area contributed by atoms with Crippen LogP contribution in [-0.2, 0) is 9.59 Å². The molecule has 0 aliphatic carbocycles. The van der Waals surface area contributed by atoms with Gasteiger partial charge in [0.05, 0.1) is 12.1 Å². The van der Waals surface area contributed by atoms with E-state index < -0.39 is 5.54 Å². The number of amides is 2. The lowest BCUT2D eigenvalue weighted by molar-refractivity contribution is -0.145. The molecular weight excluding hydrogens is 198 g/mol. The zero-order chi connectivity index (χ0) is 11.5. The Bertz CT molecular complexity index is 332. The van der Waals surface area contributed by atoms with E-state index in [-0.39, 0.29) is 24.9 Å². The van der Waals surface area contributed by atoms with Crippen LogP contribution in [0.5, 0.6) is 0 Å². The smallest absolute Gasteiger partial charge is 0.246 e. The van der Waals surface area contributed by atoms with Gasteiger partial charge in [0.1, 0.15) is 0 Å². The van der Waals surface area contributed by atoms with Crippen LogP contribution < -0.4 is 5.32 Å². The molecule has 0 unspecified atom stereocenters. The Morgan fingerprint density at radius 3 is 2.87 bits per heavy atom. The van der Waals surface area contributed by atoms with Gasteiger partial charge in [0.25, 0.3) is 0 Å². The highest BCUT2D eigenvalue weighted by Gasteiger charge is 2.40. The Kier molecular flexibility index (Phi) is 3.28. The van der Waals surface area contributed by atoms with Crippen LogP contribution in [0.1, 0.15) is 13.8 Å². The topological polar surface area (TPSA) is 98.2 Å². The third-order valence-electron chi connectivity index (χ3n) is 2.47. The van der Waals surface area contributed by atoms with Crippen LogP contribution in [0.2, 0.25) is 0 Å². The van der Waals surface area contributed by atoms with Gasteiger partial charge in [0, 0.05) is 18.0 Å². The van der Waals surface area contributed by atoms with Gasteiger partial charge >= 0.3 is 0 Å². The SMILES string of the molecule is CC1(C)C(=O)NC(=O)CN1CCN=[N+]=[N-]. The van der Waals surface area contributed by atoms with Crippen LogP contribution in [0.15, 0.2) is 5.11 Å². The second-order valence-electron chi connectivity index (χ2n) is 3.81. The molecule has 1 fully saturated rings. The summed E-state index contributed by atoms with van der Waals surface area (Å²) in [5.74, 6) is -0.639. The number of nitrogens with zero attached hydrogens (tertiary/aromatic N) is 4. The third-order valence-corrected chi connectivity index (χ3v) is 2.47. The molecule has 0 radical (unpaired) electrons. The van der Waals surface area contributed by atoms with Gasteiger partial charge in [0.15, 0.2) is 0 Å². The number of hydrogen-bond donors (Lipinski definition) is 1. The summed E-state index contributed by atoms with van der Waals surface area (Å²) < 4.78 is 0. The van der Waals surface area contributed by atoms with E-state index in [1.54, 1.807) is 18.7 Å². The Morgan fingerprint density at radius 1 is 1.60 bits per heavy atom. The van der Waals surface area contributed by atoms with Gasteiger partial charge in [-0.05, 0) is 19.4 Å². The minimum absolute atomic E-state index is 0.152. The van der Waals surface area contributed by atoms with Crippen molar-refractivity contribution in [1.82, 2.24) is 10.2 Å². The number of hydrogen-bond acceptors (Lipinski definition) is 4. The molecule has 0 atom stereocenters. The normalized spacial score (nSPS) is 20.7. The Hall–Kier alpha value is -1.59. The fourth-order valence-corrected chi connectivity index (χ4v) is 1.40. The molecule has 0 aromatic rings. The molecule has 15 heavy (non-hydrogen) atoms.